The molecule has 1 saturated heterocycles. The predicted octanol–water partition coefficient (Wildman–Crippen LogP) is 5.52. The molecule has 0 unspecified atom stereocenters. The van der Waals surface area contributed by atoms with E-state index in [1.807, 2.05) is 42.5 Å². The lowest BCUT2D eigenvalue weighted by molar-refractivity contribution is -0.274. The Balaban J connectivity index is 1.34. The van der Waals surface area contributed by atoms with Crippen LogP contribution in [-0.2, 0) is 10.0 Å². The van der Waals surface area contributed by atoms with Gasteiger partial charge in [-0.05, 0) is 60.4 Å². The maximum absolute atomic E-state index is 13.1. The van der Waals surface area contributed by atoms with Crippen LogP contribution in [0.2, 0.25) is 0 Å². The van der Waals surface area contributed by atoms with E-state index in [2.05, 4.69) is 10.1 Å². The number of anilines is 1. The molecule has 3 aromatic carbocycles. The van der Waals surface area contributed by atoms with Crippen molar-refractivity contribution in [1.29, 1.82) is 0 Å². The summed E-state index contributed by atoms with van der Waals surface area (Å²) in [6, 6.07) is 22.1. The van der Waals surface area contributed by atoms with Crippen molar-refractivity contribution in [2.75, 3.05) is 18.4 Å². The van der Waals surface area contributed by atoms with Crippen LogP contribution in [0.25, 0.3) is 11.1 Å². The average molecular weight is 477 g/mol. The SMILES string of the molecule is O=S(=O)(c1ccc(-c2ccccc2)cc1)N1CCC(Nc2ccc(OC(F)(F)F)cc2)CC1. The first-order valence-corrected chi connectivity index (χ1v) is 11.9. The molecule has 4 rings (SSSR count). The zero-order valence-electron chi connectivity index (χ0n) is 17.6. The summed E-state index contributed by atoms with van der Waals surface area (Å²) in [7, 11) is -3.60. The van der Waals surface area contributed by atoms with E-state index >= 15 is 0 Å². The van der Waals surface area contributed by atoms with Gasteiger partial charge in [0.25, 0.3) is 0 Å². The Kier molecular flexibility index (Phi) is 6.62. The first-order valence-electron chi connectivity index (χ1n) is 10.5. The second-order valence-electron chi connectivity index (χ2n) is 7.79. The molecule has 1 heterocycles. The number of halogens is 3. The number of benzene rings is 3. The molecule has 33 heavy (non-hydrogen) atoms. The largest absolute Gasteiger partial charge is 0.573 e. The molecule has 1 aliphatic rings. The summed E-state index contributed by atoms with van der Waals surface area (Å²) in [6.07, 6.45) is -3.56. The van der Waals surface area contributed by atoms with E-state index < -0.39 is 16.4 Å². The second-order valence-corrected chi connectivity index (χ2v) is 9.72. The topological polar surface area (TPSA) is 58.6 Å². The fourth-order valence-electron chi connectivity index (χ4n) is 3.83. The number of hydrogen-bond acceptors (Lipinski definition) is 4. The molecule has 1 aliphatic heterocycles. The van der Waals surface area contributed by atoms with Crippen molar-refractivity contribution in [3.05, 3.63) is 78.9 Å². The first-order chi connectivity index (χ1) is 15.7. The van der Waals surface area contributed by atoms with Crippen LogP contribution in [0, 0.1) is 0 Å². The van der Waals surface area contributed by atoms with Crippen LogP contribution < -0.4 is 10.1 Å². The molecular formula is C24H23F3N2O3S. The highest BCUT2D eigenvalue weighted by Gasteiger charge is 2.31. The Labute approximate surface area is 190 Å². The Morgan fingerprint density at radius 3 is 1.97 bits per heavy atom. The number of piperidine rings is 1. The number of ether oxygens (including phenoxy) is 1. The molecule has 1 fully saturated rings. The van der Waals surface area contributed by atoms with Crippen molar-refractivity contribution in [3.63, 3.8) is 0 Å². The van der Waals surface area contributed by atoms with Gasteiger partial charge in [-0.1, -0.05) is 42.5 Å². The fourth-order valence-corrected chi connectivity index (χ4v) is 5.30. The van der Waals surface area contributed by atoms with Gasteiger partial charge < -0.3 is 10.1 Å². The van der Waals surface area contributed by atoms with Crippen LogP contribution in [0.1, 0.15) is 12.8 Å². The molecule has 3 aromatic rings. The molecule has 1 N–H and O–H groups in total. The molecule has 0 aromatic heterocycles. The Morgan fingerprint density at radius 2 is 1.39 bits per heavy atom. The predicted molar refractivity (Wildman–Crippen MR) is 120 cm³/mol. The van der Waals surface area contributed by atoms with Crippen LogP contribution in [0.5, 0.6) is 5.75 Å². The van der Waals surface area contributed by atoms with E-state index in [1.165, 1.54) is 28.6 Å². The van der Waals surface area contributed by atoms with Crippen molar-refractivity contribution >= 4 is 15.7 Å². The van der Waals surface area contributed by atoms with E-state index in [1.54, 1.807) is 12.1 Å². The number of hydrogen-bond donors (Lipinski definition) is 1. The Bertz CT molecular complexity index is 1160. The average Bonchev–Trinajstić information content (AvgIpc) is 2.80. The Morgan fingerprint density at radius 1 is 0.818 bits per heavy atom. The van der Waals surface area contributed by atoms with Crippen LogP contribution in [0.3, 0.4) is 0 Å². The molecule has 0 amide bonds. The summed E-state index contributed by atoms with van der Waals surface area (Å²) >= 11 is 0. The second kappa shape index (κ2) is 9.44. The van der Waals surface area contributed by atoms with Crippen molar-refractivity contribution in [2.24, 2.45) is 0 Å². The van der Waals surface area contributed by atoms with Crippen LogP contribution in [0.15, 0.2) is 83.8 Å². The summed E-state index contributed by atoms with van der Waals surface area (Å²) < 4.78 is 68.3. The fraction of sp³-hybridized carbons (Fsp3) is 0.250. The lowest BCUT2D eigenvalue weighted by Gasteiger charge is -2.32. The van der Waals surface area contributed by atoms with Crippen molar-refractivity contribution in [1.82, 2.24) is 4.31 Å². The standard InChI is InChI=1S/C24H23F3N2O3S/c25-24(26,27)32-22-10-8-20(9-11-22)28-21-14-16-29(17-15-21)33(30,31)23-12-6-19(7-13-23)18-4-2-1-3-5-18/h1-13,21,28H,14-17H2. The quantitative estimate of drug-likeness (QED) is 0.509. The normalized spacial score (nSPS) is 15.8. The number of rotatable bonds is 6. The van der Waals surface area contributed by atoms with Gasteiger partial charge in [0.1, 0.15) is 5.75 Å². The van der Waals surface area contributed by atoms with Gasteiger partial charge in [0, 0.05) is 24.8 Å². The number of nitrogens with zero attached hydrogens (tertiary/aromatic N) is 1. The molecule has 0 bridgehead atoms. The smallest absolute Gasteiger partial charge is 0.406 e. The summed E-state index contributed by atoms with van der Waals surface area (Å²) in [5, 5.41) is 3.25. The van der Waals surface area contributed by atoms with E-state index in [-0.39, 0.29) is 16.7 Å². The molecular weight excluding hydrogens is 453 g/mol. The summed E-state index contributed by atoms with van der Waals surface area (Å²) in [4.78, 5) is 0.258. The molecule has 5 nitrogen and oxygen atoms in total. The minimum Gasteiger partial charge on any atom is -0.406 e. The molecule has 0 radical (unpaired) electrons. The van der Waals surface area contributed by atoms with Gasteiger partial charge in [0.05, 0.1) is 4.90 Å². The Hall–Kier alpha value is -3.04. The first kappa shape index (κ1) is 23.1. The lowest BCUT2D eigenvalue weighted by Crippen LogP contribution is -2.42. The molecule has 9 heteroatoms. The van der Waals surface area contributed by atoms with E-state index in [9.17, 15) is 21.6 Å². The minimum absolute atomic E-state index is 0.0197. The zero-order chi connectivity index (χ0) is 23.5. The third-order valence-corrected chi connectivity index (χ3v) is 7.42. The van der Waals surface area contributed by atoms with E-state index in [0.717, 1.165) is 11.1 Å². The molecule has 0 spiro atoms. The maximum atomic E-state index is 13.1. The van der Waals surface area contributed by atoms with Crippen molar-refractivity contribution in [2.45, 2.75) is 30.1 Å². The summed E-state index contributed by atoms with van der Waals surface area (Å²) in [5.74, 6) is -0.285. The molecule has 0 saturated carbocycles. The highest BCUT2D eigenvalue weighted by atomic mass is 32.2. The third kappa shape index (κ3) is 5.85. The van der Waals surface area contributed by atoms with Crippen LogP contribution in [0.4, 0.5) is 18.9 Å². The minimum atomic E-state index is -4.73. The molecule has 0 aliphatic carbocycles. The van der Waals surface area contributed by atoms with Gasteiger partial charge in [-0.15, -0.1) is 13.2 Å². The van der Waals surface area contributed by atoms with Gasteiger partial charge in [0.15, 0.2) is 0 Å². The number of nitrogens with one attached hydrogen (secondary N) is 1. The summed E-state index contributed by atoms with van der Waals surface area (Å²) in [6.45, 7) is 0.714. The third-order valence-electron chi connectivity index (χ3n) is 5.51. The summed E-state index contributed by atoms with van der Waals surface area (Å²) in [5.41, 5.74) is 2.62. The van der Waals surface area contributed by atoms with Gasteiger partial charge in [0.2, 0.25) is 10.0 Å². The zero-order valence-corrected chi connectivity index (χ0v) is 18.4. The monoisotopic (exact) mass is 476 g/mol. The highest BCUT2D eigenvalue weighted by Crippen LogP contribution is 2.27. The molecule has 0 atom stereocenters. The van der Waals surface area contributed by atoms with Crippen molar-refractivity contribution < 1.29 is 26.3 Å². The van der Waals surface area contributed by atoms with Gasteiger partial charge in [-0.3, -0.25) is 0 Å². The van der Waals surface area contributed by atoms with Crippen LogP contribution in [-0.4, -0.2) is 38.2 Å². The van der Waals surface area contributed by atoms with Crippen LogP contribution >= 0.6 is 0 Å². The van der Waals surface area contributed by atoms with E-state index in [0.29, 0.717) is 31.6 Å². The van der Waals surface area contributed by atoms with Gasteiger partial charge in [-0.25, -0.2) is 8.42 Å². The van der Waals surface area contributed by atoms with Crippen molar-refractivity contribution in [3.8, 4) is 16.9 Å². The van der Waals surface area contributed by atoms with Gasteiger partial charge >= 0.3 is 6.36 Å². The number of alkyl halides is 3. The molecule has 174 valence electrons. The van der Waals surface area contributed by atoms with Gasteiger partial charge in [-0.2, -0.15) is 4.31 Å². The van der Waals surface area contributed by atoms with E-state index in [4.69, 9.17) is 0 Å². The maximum Gasteiger partial charge on any atom is 0.573 e. The highest BCUT2D eigenvalue weighted by molar-refractivity contribution is 7.89. The number of sulfonamides is 1. The lowest BCUT2D eigenvalue weighted by atomic mass is 10.1.